The second-order valence-corrected chi connectivity index (χ2v) is 17.8. The summed E-state index contributed by atoms with van der Waals surface area (Å²) >= 11 is 0. The Morgan fingerprint density at radius 1 is 0.338 bits per heavy atom. The van der Waals surface area contributed by atoms with E-state index in [-0.39, 0.29) is 31.1 Å². The summed E-state index contributed by atoms with van der Waals surface area (Å²) in [5, 5.41) is 0. The zero-order valence-electron chi connectivity index (χ0n) is 42.5. The van der Waals surface area contributed by atoms with Crippen LogP contribution in [0.15, 0.2) is 85.1 Å². The molecule has 0 aliphatic heterocycles. The van der Waals surface area contributed by atoms with Gasteiger partial charge in [-0.2, -0.15) is 0 Å². The Morgan fingerprint density at radius 3 is 1.06 bits per heavy atom. The quantitative estimate of drug-likeness (QED) is 0.0199. The molecule has 0 heterocycles. The smallest absolute Gasteiger partial charge is 0.306 e. The van der Waals surface area contributed by atoms with Crippen molar-refractivity contribution in [2.24, 2.45) is 0 Å². The molecule has 0 saturated heterocycles. The van der Waals surface area contributed by atoms with Crippen molar-refractivity contribution < 1.29 is 28.6 Å². The van der Waals surface area contributed by atoms with E-state index in [2.05, 4.69) is 106 Å². The van der Waals surface area contributed by atoms with Crippen LogP contribution >= 0.6 is 0 Å². The molecular weight excluding hydrogens is 805 g/mol. The second kappa shape index (κ2) is 53.2. The maximum atomic E-state index is 12.8. The molecule has 0 aliphatic rings. The molecule has 0 rings (SSSR count). The summed E-state index contributed by atoms with van der Waals surface area (Å²) < 4.78 is 16.8. The minimum Gasteiger partial charge on any atom is -0.462 e. The molecule has 6 nitrogen and oxygen atoms in total. The van der Waals surface area contributed by atoms with Gasteiger partial charge in [0.2, 0.25) is 0 Å². The van der Waals surface area contributed by atoms with Crippen molar-refractivity contribution in [2.75, 3.05) is 13.2 Å². The van der Waals surface area contributed by atoms with Crippen LogP contribution in [0, 0.1) is 0 Å². The number of ether oxygens (including phenoxy) is 3. The van der Waals surface area contributed by atoms with Crippen LogP contribution < -0.4 is 0 Å². The minimum atomic E-state index is -0.793. The topological polar surface area (TPSA) is 78.9 Å². The van der Waals surface area contributed by atoms with Gasteiger partial charge in [0.25, 0.3) is 0 Å². The maximum absolute atomic E-state index is 12.8. The monoisotopic (exact) mass is 905 g/mol. The lowest BCUT2D eigenvalue weighted by atomic mass is 10.1. The second-order valence-electron chi connectivity index (χ2n) is 17.8. The van der Waals surface area contributed by atoms with E-state index in [1.165, 1.54) is 122 Å². The summed E-state index contributed by atoms with van der Waals surface area (Å²) in [5.41, 5.74) is 0. The van der Waals surface area contributed by atoms with Crippen LogP contribution in [-0.4, -0.2) is 37.2 Å². The first kappa shape index (κ1) is 61.6. The van der Waals surface area contributed by atoms with Crippen molar-refractivity contribution in [1.82, 2.24) is 0 Å². The zero-order chi connectivity index (χ0) is 47.2. The van der Waals surface area contributed by atoms with Gasteiger partial charge in [-0.25, -0.2) is 0 Å². The highest BCUT2D eigenvalue weighted by Crippen LogP contribution is 2.15. The molecule has 372 valence electrons. The average Bonchev–Trinajstić information content (AvgIpc) is 3.30. The molecule has 1 atom stereocenters. The van der Waals surface area contributed by atoms with E-state index in [1.807, 2.05) is 0 Å². The highest BCUT2D eigenvalue weighted by molar-refractivity contribution is 5.71. The fourth-order valence-electron chi connectivity index (χ4n) is 7.37. The fourth-order valence-corrected chi connectivity index (χ4v) is 7.37. The largest absolute Gasteiger partial charge is 0.462 e. The van der Waals surface area contributed by atoms with Gasteiger partial charge in [0.15, 0.2) is 6.10 Å². The summed E-state index contributed by atoms with van der Waals surface area (Å²) in [5.74, 6) is -0.936. The zero-order valence-corrected chi connectivity index (χ0v) is 42.5. The van der Waals surface area contributed by atoms with E-state index in [1.54, 1.807) is 0 Å². The number of carbonyl (C=O) groups excluding carboxylic acids is 3. The van der Waals surface area contributed by atoms with Gasteiger partial charge in [0.05, 0.1) is 0 Å². The third kappa shape index (κ3) is 51.4. The molecule has 0 amide bonds. The molecule has 0 spiro atoms. The number of unbranched alkanes of at least 4 members (excludes halogenated alkanes) is 24. The first-order chi connectivity index (χ1) is 32.0. The highest BCUT2D eigenvalue weighted by atomic mass is 16.6. The molecule has 65 heavy (non-hydrogen) atoms. The van der Waals surface area contributed by atoms with Crippen LogP contribution in [0.4, 0.5) is 0 Å². The minimum absolute atomic E-state index is 0.0911. The van der Waals surface area contributed by atoms with Crippen LogP contribution in [0.3, 0.4) is 0 Å². The normalized spacial score (nSPS) is 12.7. The Hall–Kier alpha value is -3.41. The molecule has 1 unspecified atom stereocenters. The predicted octanol–water partition coefficient (Wildman–Crippen LogP) is 18.0. The SMILES string of the molecule is CC/C=C\C/C=C\C/C=C\CCCCCCCCCCCC(=O)OCC(COC(=O)CCCC/C=C\C/C=C\CC)OC(=O)CCCCCCCCCCCC/C=C\C=C/CCCCC. The van der Waals surface area contributed by atoms with Gasteiger partial charge >= 0.3 is 17.9 Å². The molecule has 0 aromatic heterocycles. The lowest BCUT2D eigenvalue weighted by Gasteiger charge is -2.18. The Balaban J connectivity index is 4.31. The molecular formula is C59H100O6. The molecule has 0 aromatic carbocycles. The number of carbonyl (C=O) groups is 3. The van der Waals surface area contributed by atoms with E-state index in [9.17, 15) is 14.4 Å². The lowest BCUT2D eigenvalue weighted by Crippen LogP contribution is -2.30. The van der Waals surface area contributed by atoms with E-state index in [4.69, 9.17) is 14.2 Å². The van der Waals surface area contributed by atoms with Crippen LogP contribution in [0.1, 0.15) is 252 Å². The number of allylic oxidation sites excluding steroid dienone is 14. The van der Waals surface area contributed by atoms with E-state index >= 15 is 0 Å². The fraction of sp³-hybridized carbons (Fsp3) is 0.712. The standard InChI is InChI=1S/C59H100O6/c1-4-7-10-13-16-19-21-23-25-27-29-31-33-35-37-40-43-46-49-52-58(61)64-55-56(54-63-57(60)51-48-45-42-39-18-15-12-9-6-3)65-59(62)53-50-47-44-41-38-36-34-32-30-28-26-24-22-20-17-14-11-8-5-2/h7,9-10,12,16-20,22-25,39,56H,4-6,8,11,13-15,21,26-38,40-55H2,1-3H3/b10-7-,12-9-,19-16-,20-17-,24-22-,25-23-,39-18-. The van der Waals surface area contributed by atoms with Crippen molar-refractivity contribution in [1.29, 1.82) is 0 Å². The molecule has 0 N–H and O–H groups in total. The first-order valence-corrected chi connectivity index (χ1v) is 27.1. The van der Waals surface area contributed by atoms with E-state index < -0.39 is 6.10 Å². The average molecular weight is 905 g/mol. The van der Waals surface area contributed by atoms with Gasteiger partial charge in [0.1, 0.15) is 13.2 Å². The third-order valence-electron chi connectivity index (χ3n) is 11.4. The Kier molecular flexibility index (Phi) is 50.4. The summed E-state index contributed by atoms with van der Waals surface area (Å²) in [6.45, 7) is 6.34. The van der Waals surface area contributed by atoms with Crippen LogP contribution in [-0.2, 0) is 28.6 Å². The number of hydrogen-bond donors (Lipinski definition) is 0. The summed E-state index contributed by atoms with van der Waals surface area (Å²) in [6, 6.07) is 0. The van der Waals surface area contributed by atoms with Crippen molar-refractivity contribution >= 4 is 17.9 Å². The van der Waals surface area contributed by atoms with Gasteiger partial charge in [-0.1, -0.05) is 215 Å². The molecule has 0 bridgehead atoms. The maximum Gasteiger partial charge on any atom is 0.306 e. The van der Waals surface area contributed by atoms with E-state index in [0.29, 0.717) is 19.3 Å². The van der Waals surface area contributed by atoms with Crippen molar-refractivity contribution in [3.8, 4) is 0 Å². The van der Waals surface area contributed by atoms with Crippen molar-refractivity contribution in [2.45, 2.75) is 258 Å². The lowest BCUT2D eigenvalue weighted by molar-refractivity contribution is -0.167. The number of esters is 3. The number of rotatable bonds is 48. The summed E-state index contributed by atoms with van der Waals surface area (Å²) in [7, 11) is 0. The van der Waals surface area contributed by atoms with Crippen LogP contribution in [0.25, 0.3) is 0 Å². The van der Waals surface area contributed by atoms with Crippen molar-refractivity contribution in [3.63, 3.8) is 0 Å². The van der Waals surface area contributed by atoms with E-state index in [0.717, 1.165) is 89.9 Å². The number of hydrogen-bond acceptors (Lipinski definition) is 6. The third-order valence-corrected chi connectivity index (χ3v) is 11.4. The first-order valence-electron chi connectivity index (χ1n) is 27.1. The van der Waals surface area contributed by atoms with Crippen LogP contribution in [0.2, 0.25) is 0 Å². The Morgan fingerprint density at radius 2 is 0.646 bits per heavy atom. The van der Waals surface area contributed by atoms with Gasteiger partial charge in [0, 0.05) is 19.3 Å². The summed E-state index contributed by atoms with van der Waals surface area (Å²) in [4.78, 5) is 38.0. The Labute approximate surface area is 401 Å². The molecule has 0 aromatic rings. The van der Waals surface area contributed by atoms with Gasteiger partial charge in [-0.05, 0) is 103 Å². The molecule has 6 heteroatoms. The Bertz CT molecular complexity index is 1270. The molecule has 0 radical (unpaired) electrons. The van der Waals surface area contributed by atoms with Crippen molar-refractivity contribution in [3.05, 3.63) is 85.1 Å². The molecule has 0 aliphatic carbocycles. The van der Waals surface area contributed by atoms with Crippen LogP contribution in [0.5, 0.6) is 0 Å². The summed E-state index contributed by atoms with van der Waals surface area (Å²) in [6.07, 6.45) is 68.7. The van der Waals surface area contributed by atoms with Gasteiger partial charge in [-0.3, -0.25) is 14.4 Å². The predicted molar refractivity (Wildman–Crippen MR) is 279 cm³/mol. The van der Waals surface area contributed by atoms with Gasteiger partial charge in [-0.15, -0.1) is 0 Å². The van der Waals surface area contributed by atoms with Gasteiger partial charge < -0.3 is 14.2 Å². The highest BCUT2D eigenvalue weighted by Gasteiger charge is 2.19. The molecule has 0 fully saturated rings. The molecule has 0 saturated carbocycles.